The average Bonchev–Trinajstić information content (AvgIpc) is 2.47. The molecule has 0 amide bonds. The zero-order chi connectivity index (χ0) is 15.4. The summed E-state index contributed by atoms with van der Waals surface area (Å²) >= 11 is 0. The highest BCUT2D eigenvalue weighted by molar-refractivity contribution is 5.53. The number of hydrogen-bond acceptors (Lipinski definition) is 2. The molecule has 0 radical (unpaired) electrons. The lowest BCUT2D eigenvalue weighted by Crippen LogP contribution is -2.31. The molecule has 0 saturated heterocycles. The summed E-state index contributed by atoms with van der Waals surface area (Å²) in [5.41, 5.74) is 12.6. The summed E-state index contributed by atoms with van der Waals surface area (Å²) < 4.78 is 0. The van der Waals surface area contributed by atoms with Crippen LogP contribution in [0.1, 0.15) is 35.2 Å². The molecule has 0 aliphatic rings. The average molecular weight is 282 g/mol. The van der Waals surface area contributed by atoms with E-state index < -0.39 is 0 Å². The van der Waals surface area contributed by atoms with Gasteiger partial charge in [0, 0.05) is 19.3 Å². The van der Waals surface area contributed by atoms with Gasteiger partial charge >= 0.3 is 0 Å². The predicted molar refractivity (Wildman–Crippen MR) is 91.9 cm³/mol. The Labute approximate surface area is 128 Å². The number of hydrogen-bond donors (Lipinski definition) is 1. The fraction of sp³-hybridized carbons (Fsp3) is 0.368. The van der Waals surface area contributed by atoms with Crippen molar-refractivity contribution in [3.8, 4) is 0 Å². The molecule has 0 bridgehead atoms. The number of benzene rings is 2. The van der Waals surface area contributed by atoms with Gasteiger partial charge in [-0.1, -0.05) is 37.3 Å². The second kappa shape index (κ2) is 6.77. The molecule has 1 atom stereocenters. The van der Waals surface area contributed by atoms with Crippen LogP contribution in [-0.4, -0.2) is 13.6 Å². The lowest BCUT2D eigenvalue weighted by Gasteiger charge is -2.31. The van der Waals surface area contributed by atoms with Gasteiger partial charge in [-0.05, 0) is 54.7 Å². The van der Waals surface area contributed by atoms with E-state index >= 15 is 0 Å². The topological polar surface area (TPSA) is 29.3 Å². The van der Waals surface area contributed by atoms with E-state index in [-0.39, 0.29) is 6.04 Å². The Morgan fingerprint density at radius 1 is 1.05 bits per heavy atom. The van der Waals surface area contributed by atoms with Gasteiger partial charge in [0.05, 0.1) is 6.04 Å². The Hall–Kier alpha value is -1.80. The van der Waals surface area contributed by atoms with E-state index in [1.165, 1.54) is 27.9 Å². The van der Waals surface area contributed by atoms with Gasteiger partial charge in [0.2, 0.25) is 0 Å². The number of likely N-dealkylation sites (N-methyl/N-ethyl adjacent to an activating group) is 1. The number of rotatable bonds is 5. The molecule has 2 rings (SSSR count). The molecule has 112 valence electrons. The highest BCUT2D eigenvalue weighted by atomic mass is 15.1. The zero-order valence-corrected chi connectivity index (χ0v) is 13.6. The van der Waals surface area contributed by atoms with Crippen molar-refractivity contribution < 1.29 is 0 Å². The summed E-state index contributed by atoms with van der Waals surface area (Å²) in [6, 6.07) is 15.5. The van der Waals surface area contributed by atoms with Gasteiger partial charge in [0.25, 0.3) is 0 Å². The molecule has 0 fully saturated rings. The molecule has 0 spiro atoms. The summed E-state index contributed by atoms with van der Waals surface area (Å²) in [4.78, 5) is 2.30. The van der Waals surface area contributed by atoms with Gasteiger partial charge in [-0.15, -0.1) is 0 Å². The SMILES string of the molecule is CCc1ccccc1C(CN)N(C)c1cc(C)cc(C)c1. The van der Waals surface area contributed by atoms with Crippen LogP contribution in [0.4, 0.5) is 5.69 Å². The minimum atomic E-state index is 0.211. The summed E-state index contributed by atoms with van der Waals surface area (Å²) in [5.74, 6) is 0. The first-order valence-electron chi connectivity index (χ1n) is 7.65. The van der Waals surface area contributed by atoms with Crippen LogP contribution in [0.3, 0.4) is 0 Å². The van der Waals surface area contributed by atoms with Crippen molar-refractivity contribution in [2.24, 2.45) is 5.73 Å². The third-order valence-electron chi connectivity index (χ3n) is 4.10. The molecule has 0 saturated carbocycles. The molecule has 0 aliphatic heterocycles. The largest absolute Gasteiger partial charge is 0.366 e. The van der Waals surface area contributed by atoms with Crippen LogP contribution >= 0.6 is 0 Å². The summed E-state index contributed by atoms with van der Waals surface area (Å²) in [6.07, 6.45) is 1.04. The van der Waals surface area contributed by atoms with Crippen molar-refractivity contribution in [1.29, 1.82) is 0 Å². The normalized spacial score (nSPS) is 12.2. The fourth-order valence-electron chi connectivity index (χ4n) is 3.01. The van der Waals surface area contributed by atoms with Gasteiger partial charge in [0.1, 0.15) is 0 Å². The molecule has 2 heteroatoms. The van der Waals surface area contributed by atoms with Crippen LogP contribution in [0.5, 0.6) is 0 Å². The van der Waals surface area contributed by atoms with Crippen LogP contribution in [-0.2, 0) is 6.42 Å². The van der Waals surface area contributed by atoms with Gasteiger partial charge in [-0.3, -0.25) is 0 Å². The summed E-state index contributed by atoms with van der Waals surface area (Å²) in [6.45, 7) is 7.09. The van der Waals surface area contributed by atoms with Gasteiger partial charge in [-0.2, -0.15) is 0 Å². The zero-order valence-electron chi connectivity index (χ0n) is 13.6. The van der Waals surface area contributed by atoms with Crippen molar-refractivity contribution in [3.63, 3.8) is 0 Å². The number of aryl methyl sites for hydroxylation is 3. The molecule has 1 unspecified atom stereocenters. The highest BCUT2D eigenvalue weighted by Gasteiger charge is 2.18. The number of nitrogens with zero attached hydrogens (tertiary/aromatic N) is 1. The quantitative estimate of drug-likeness (QED) is 0.898. The fourth-order valence-corrected chi connectivity index (χ4v) is 3.01. The van der Waals surface area contributed by atoms with Crippen LogP contribution in [0.2, 0.25) is 0 Å². The molecular formula is C19H26N2. The second-order valence-corrected chi connectivity index (χ2v) is 5.76. The van der Waals surface area contributed by atoms with E-state index in [4.69, 9.17) is 5.73 Å². The Balaban J connectivity index is 2.40. The molecular weight excluding hydrogens is 256 g/mol. The molecule has 0 aliphatic carbocycles. The third kappa shape index (κ3) is 3.45. The van der Waals surface area contributed by atoms with E-state index in [9.17, 15) is 0 Å². The third-order valence-corrected chi connectivity index (χ3v) is 4.10. The van der Waals surface area contributed by atoms with Gasteiger partial charge in [-0.25, -0.2) is 0 Å². The molecule has 2 aromatic carbocycles. The Kier molecular flexibility index (Phi) is 5.03. The van der Waals surface area contributed by atoms with Crippen molar-refractivity contribution >= 4 is 5.69 Å². The maximum Gasteiger partial charge on any atom is 0.0664 e. The molecule has 0 heterocycles. The predicted octanol–water partition coefficient (Wildman–Crippen LogP) is 4.00. The number of anilines is 1. The summed E-state index contributed by atoms with van der Waals surface area (Å²) in [5, 5.41) is 0. The lowest BCUT2D eigenvalue weighted by molar-refractivity contribution is 0.673. The maximum absolute atomic E-state index is 6.10. The van der Waals surface area contributed by atoms with Crippen molar-refractivity contribution in [2.45, 2.75) is 33.2 Å². The van der Waals surface area contributed by atoms with Crippen molar-refractivity contribution in [3.05, 3.63) is 64.7 Å². The van der Waals surface area contributed by atoms with Crippen LogP contribution in [0, 0.1) is 13.8 Å². The van der Waals surface area contributed by atoms with Crippen molar-refractivity contribution in [2.75, 3.05) is 18.5 Å². The molecule has 2 aromatic rings. The van der Waals surface area contributed by atoms with Crippen molar-refractivity contribution in [1.82, 2.24) is 0 Å². The van der Waals surface area contributed by atoms with E-state index in [2.05, 4.69) is 75.2 Å². The van der Waals surface area contributed by atoms with E-state index in [1.807, 2.05) is 0 Å². The minimum Gasteiger partial charge on any atom is -0.366 e. The van der Waals surface area contributed by atoms with E-state index in [0.29, 0.717) is 6.54 Å². The first-order chi connectivity index (χ1) is 10.1. The first kappa shape index (κ1) is 15.6. The monoisotopic (exact) mass is 282 g/mol. The maximum atomic E-state index is 6.10. The van der Waals surface area contributed by atoms with Crippen LogP contribution in [0.15, 0.2) is 42.5 Å². The number of nitrogens with two attached hydrogens (primary N) is 1. The summed E-state index contributed by atoms with van der Waals surface area (Å²) in [7, 11) is 2.14. The van der Waals surface area contributed by atoms with Crippen LogP contribution in [0.25, 0.3) is 0 Å². The smallest absolute Gasteiger partial charge is 0.0664 e. The van der Waals surface area contributed by atoms with E-state index in [1.54, 1.807) is 0 Å². The molecule has 0 aromatic heterocycles. The van der Waals surface area contributed by atoms with Gasteiger partial charge in [0.15, 0.2) is 0 Å². The highest BCUT2D eigenvalue weighted by Crippen LogP contribution is 2.28. The minimum absolute atomic E-state index is 0.211. The standard InChI is InChI=1S/C19H26N2/c1-5-16-8-6-7-9-18(16)19(13-20)21(4)17-11-14(2)10-15(3)12-17/h6-12,19H,5,13,20H2,1-4H3. The Bertz CT molecular complexity index is 584. The molecule has 2 nitrogen and oxygen atoms in total. The van der Waals surface area contributed by atoms with E-state index in [0.717, 1.165) is 6.42 Å². The van der Waals surface area contributed by atoms with Gasteiger partial charge < -0.3 is 10.6 Å². The Morgan fingerprint density at radius 3 is 2.24 bits per heavy atom. The molecule has 2 N–H and O–H groups in total. The lowest BCUT2D eigenvalue weighted by atomic mass is 9.97. The second-order valence-electron chi connectivity index (χ2n) is 5.76. The first-order valence-corrected chi connectivity index (χ1v) is 7.65. The Morgan fingerprint density at radius 2 is 1.67 bits per heavy atom. The molecule has 21 heavy (non-hydrogen) atoms. The van der Waals surface area contributed by atoms with Crippen LogP contribution < -0.4 is 10.6 Å².